The predicted molar refractivity (Wildman–Crippen MR) is 91.8 cm³/mol. The number of hydrogen-bond donors (Lipinski definition) is 2. The highest BCUT2D eigenvalue weighted by molar-refractivity contribution is 5.90. The lowest BCUT2D eigenvalue weighted by molar-refractivity contribution is 0.0600. The highest BCUT2D eigenvalue weighted by Gasteiger charge is 2.13. The number of esters is 1. The minimum atomic E-state index is -0.693. The van der Waals surface area contributed by atoms with Gasteiger partial charge in [-0.05, 0) is 29.8 Å². The van der Waals surface area contributed by atoms with E-state index in [1.54, 1.807) is 24.5 Å². The van der Waals surface area contributed by atoms with E-state index in [-0.39, 0.29) is 6.61 Å². The second kappa shape index (κ2) is 9.61. The Balaban J connectivity index is 1.82. The normalized spacial score (nSPS) is 11.6. The van der Waals surface area contributed by atoms with Gasteiger partial charge in [0.25, 0.3) is 0 Å². The lowest BCUT2D eigenvalue weighted by atomic mass is 10.2. The molecule has 25 heavy (non-hydrogen) atoms. The maximum absolute atomic E-state index is 11.5. The van der Waals surface area contributed by atoms with Crippen LogP contribution in [0.3, 0.4) is 0 Å². The van der Waals surface area contributed by atoms with Crippen LogP contribution < -0.4 is 14.8 Å². The Labute approximate surface area is 146 Å². The number of pyridine rings is 1. The van der Waals surface area contributed by atoms with Crippen molar-refractivity contribution >= 4 is 5.97 Å². The summed E-state index contributed by atoms with van der Waals surface area (Å²) in [5.74, 6) is 0.393. The zero-order valence-electron chi connectivity index (χ0n) is 14.3. The molecular formula is C18H22N2O5. The van der Waals surface area contributed by atoms with Gasteiger partial charge in [-0.3, -0.25) is 4.98 Å². The molecule has 0 saturated heterocycles. The molecule has 0 aliphatic heterocycles. The molecule has 0 amide bonds. The molecule has 1 heterocycles. The number of rotatable bonds is 9. The third-order valence-electron chi connectivity index (χ3n) is 3.45. The molecule has 7 nitrogen and oxygen atoms in total. The summed E-state index contributed by atoms with van der Waals surface area (Å²) in [5, 5.41) is 13.2. The third kappa shape index (κ3) is 5.74. The Hall–Kier alpha value is -2.64. The van der Waals surface area contributed by atoms with E-state index in [4.69, 9.17) is 9.47 Å². The van der Waals surface area contributed by atoms with Crippen LogP contribution in [0, 0.1) is 0 Å². The molecule has 0 radical (unpaired) electrons. The summed E-state index contributed by atoms with van der Waals surface area (Å²) >= 11 is 0. The van der Waals surface area contributed by atoms with Gasteiger partial charge < -0.3 is 24.6 Å². The monoisotopic (exact) mass is 346 g/mol. The number of carbonyl (C=O) groups excluding carboxylic acids is 1. The van der Waals surface area contributed by atoms with Gasteiger partial charge in [0.15, 0.2) is 11.5 Å². The fourth-order valence-electron chi connectivity index (χ4n) is 2.16. The molecule has 1 unspecified atom stereocenters. The third-order valence-corrected chi connectivity index (χ3v) is 3.45. The number of ether oxygens (including phenoxy) is 3. The molecule has 0 bridgehead atoms. The summed E-state index contributed by atoms with van der Waals surface area (Å²) in [5.41, 5.74) is 1.40. The molecule has 0 aliphatic carbocycles. The van der Waals surface area contributed by atoms with Crippen LogP contribution in [0.15, 0.2) is 42.7 Å². The lowest BCUT2D eigenvalue weighted by Crippen LogP contribution is -2.31. The molecule has 2 aromatic rings. The van der Waals surface area contributed by atoms with Crippen molar-refractivity contribution in [1.29, 1.82) is 0 Å². The van der Waals surface area contributed by atoms with E-state index in [9.17, 15) is 9.90 Å². The summed E-state index contributed by atoms with van der Waals surface area (Å²) in [4.78, 5) is 15.6. The van der Waals surface area contributed by atoms with Gasteiger partial charge >= 0.3 is 5.97 Å². The molecule has 1 aromatic heterocycles. The molecule has 0 fully saturated rings. The molecule has 0 saturated carbocycles. The van der Waals surface area contributed by atoms with Crippen LogP contribution in [0.1, 0.15) is 15.9 Å². The van der Waals surface area contributed by atoms with Crippen LogP contribution in [0.4, 0.5) is 0 Å². The van der Waals surface area contributed by atoms with E-state index >= 15 is 0 Å². The van der Waals surface area contributed by atoms with Gasteiger partial charge in [0, 0.05) is 25.5 Å². The second-order valence-corrected chi connectivity index (χ2v) is 5.31. The van der Waals surface area contributed by atoms with E-state index < -0.39 is 12.1 Å². The van der Waals surface area contributed by atoms with Crippen molar-refractivity contribution in [2.75, 3.05) is 27.4 Å². The molecule has 134 valence electrons. The highest BCUT2D eigenvalue weighted by atomic mass is 16.5. The van der Waals surface area contributed by atoms with Crippen molar-refractivity contribution in [3.63, 3.8) is 0 Å². The summed E-state index contributed by atoms with van der Waals surface area (Å²) < 4.78 is 15.5. The molecule has 0 aliphatic rings. The van der Waals surface area contributed by atoms with Crippen LogP contribution >= 0.6 is 0 Å². The first-order chi connectivity index (χ1) is 12.1. The first-order valence-electron chi connectivity index (χ1n) is 7.81. The Morgan fingerprint density at radius 2 is 2.12 bits per heavy atom. The number of aliphatic hydroxyl groups excluding tert-OH is 1. The Kier molecular flexibility index (Phi) is 7.18. The SMILES string of the molecule is COC(=O)c1ccc(OCC(O)CNCc2cccnc2)c(OC)c1. The molecule has 7 heteroatoms. The van der Waals surface area contributed by atoms with Crippen LogP contribution in [0.5, 0.6) is 11.5 Å². The fourth-order valence-corrected chi connectivity index (χ4v) is 2.16. The Morgan fingerprint density at radius 1 is 1.28 bits per heavy atom. The molecule has 2 N–H and O–H groups in total. The summed E-state index contributed by atoms with van der Waals surface area (Å²) in [6.07, 6.45) is 2.79. The minimum Gasteiger partial charge on any atom is -0.493 e. The van der Waals surface area contributed by atoms with Crippen molar-refractivity contribution in [2.24, 2.45) is 0 Å². The van der Waals surface area contributed by atoms with E-state index in [0.717, 1.165) is 5.56 Å². The fraction of sp³-hybridized carbons (Fsp3) is 0.333. The molecule has 0 spiro atoms. The largest absolute Gasteiger partial charge is 0.493 e. The van der Waals surface area contributed by atoms with Gasteiger partial charge in [-0.15, -0.1) is 0 Å². The number of hydrogen-bond acceptors (Lipinski definition) is 7. The summed E-state index contributed by atoms with van der Waals surface area (Å²) in [6.45, 7) is 1.08. The van der Waals surface area contributed by atoms with Crippen molar-refractivity contribution in [1.82, 2.24) is 10.3 Å². The van der Waals surface area contributed by atoms with Gasteiger partial charge in [-0.25, -0.2) is 4.79 Å². The molecular weight excluding hydrogens is 324 g/mol. The minimum absolute atomic E-state index is 0.0912. The smallest absolute Gasteiger partial charge is 0.337 e. The van der Waals surface area contributed by atoms with Gasteiger partial charge in [0.2, 0.25) is 0 Å². The standard InChI is InChI=1S/C18H22N2O5/c1-23-17-8-14(18(22)24-2)5-6-16(17)25-12-15(21)11-20-10-13-4-3-7-19-9-13/h3-9,15,20-21H,10-12H2,1-2H3. The number of carbonyl (C=O) groups is 1. The average Bonchev–Trinajstić information content (AvgIpc) is 2.66. The maximum Gasteiger partial charge on any atom is 0.337 e. The summed E-state index contributed by atoms with van der Waals surface area (Å²) in [6, 6.07) is 8.54. The number of nitrogens with zero attached hydrogens (tertiary/aromatic N) is 1. The van der Waals surface area contributed by atoms with Crippen LogP contribution in [-0.4, -0.2) is 49.5 Å². The maximum atomic E-state index is 11.5. The predicted octanol–water partition coefficient (Wildman–Crippen LogP) is 1.41. The van der Waals surface area contributed by atoms with Gasteiger partial charge in [-0.2, -0.15) is 0 Å². The van der Waals surface area contributed by atoms with Crippen molar-refractivity contribution in [3.05, 3.63) is 53.9 Å². The van der Waals surface area contributed by atoms with E-state index in [1.807, 2.05) is 12.1 Å². The van der Waals surface area contributed by atoms with Crippen molar-refractivity contribution in [2.45, 2.75) is 12.6 Å². The first-order valence-corrected chi connectivity index (χ1v) is 7.81. The van der Waals surface area contributed by atoms with Gasteiger partial charge in [0.05, 0.1) is 19.8 Å². The van der Waals surface area contributed by atoms with Crippen LogP contribution in [0.2, 0.25) is 0 Å². The van der Waals surface area contributed by atoms with Gasteiger partial charge in [0.1, 0.15) is 12.7 Å². The topological polar surface area (TPSA) is 89.9 Å². The lowest BCUT2D eigenvalue weighted by Gasteiger charge is -2.15. The molecule has 1 aromatic carbocycles. The zero-order chi connectivity index (χ0) is 18.1. The van der Waals surface area contributed by atoms with E-state index in [0.29, 0.717) is 30.2 Å². The van der Waals surface area contributed by atoms with Crippen LogP contribution in [0.25, 0.3) is 0 Å². The summed E-state index contributed by atoms with van der Waals surface area (Å²) in [7, 11) is 2.79. The number of aromatic nitrogens is 1. The van der Waals surface area contributed by atoms with Crippen molar-refractivity contribution in [3.8, 4) is 11.5 Å². The van der Waals surface area contributed by atoms with Crippen molar-refractivity contribution < 1.29 is 24.1 Å². The Bertz CT molecular complexity index is 678. The number of methoxy groups -OCH3 is 2. The molecule has 1 atom stereocenters. The molecule has 2 rings (SSSR count). The number of benzene rings is 1. The van der Waals surface area contributed by atoms with Crippen LogP contribution in [-0.2, 0) is 11.3 Å². The number of aliphatic hydroxyl groups is 1. The average molecular weight is 346 g/mol. The highest BCUT2D eigenvalue weighted by Crippen LogP contribution is 2.28. The first kappa shape index (κ1) is 18.7. The van der Waals surface area contributed by atoms with E-state index in [2.05, 4.69) is 15.0 Å². The zero-order valence-corrected chi connectivity index (χ0v) is 14.3. The number of nitrogens with one attached hydrogen (secondary N) is 1. The van der Waals surface area contributed by atoms with E-state index in [1.165, 1.54) is 20.3 Å². The van der Waals surface area contributed by atoms with Gasteiger partial charge in [-0.1, -0.05) is 6.07 Å². The quantitative estimate of drug-likeness (QED) is 0.664. The second-order valence-electron chi connectivity index (χ2n) is 5.31. The Morgan fingerprint density at radius 3 is 2.80 bits per heavy atom.